The van der Waals surface area contributed by atoms with Crippen LogP contribution in [0.4, 0.5) is 0 Å². The number of piperazine rings is 1. The third kappa shape index (κ3) is 2.04. The minimum atomic E-state index is 0.306. The Hall–Kier alpha value is -0.160. The topological polar surface area (TPSA) is 35.7 Å². The molecule has 5 saturated heterocycles. The molecule has 0 spiro atoms. The van der Waals surface area contributed by atoms with Gasteiger partial charge in [0, 0.05) is 44.3 Å². The second kappa shape index (κ2) is 5.24. The van der Waals surface area contributed by atoms with E-state index in [1.54, 1.807) is 0 Å². The smallest absolute Gasteiger partial charge is 0.0488 e. The van der Waals surface area contributed by atoms with E-state index in [-0.39, 0.29) is 0 Å². The third-order valence-corrected chi connectivity index (χ3v) is 6.67. The van der Waals surface area contributed by atoms with Gasteiger partial charge in [-0.05, 0) is 51.2 Å². The monoisotopic (exact) mass is 278 g/mol. The maximum absolute atomic E-state index is 6.34. The van der Waals surface area contributed by atoms with Crippen LogP contribution < -0.4 is 5.73 Å². The first-order valence-corrected chi connectivity index (χ1v) is 8.73. The fourth-order valence-corrected chi connectivity index (χ4v) is 5.42. The summed E-state index contributed by atoms with van der Waals surface area (Å²) in [5.74, 6) is 0.854. The van der Waals surface area contributed by atoms with Crippen molar-refractivity contribution in [3.05, 3.63) is 0 Å². The number of rotatable bonds is 2. The van der Waals surface area contributed by atoms with E-state index < -0.39 is 0 Å². The summed E-state index contributed by atoms with van der Waals surface area (Å²) in [4.78, 5) is 8.22. The molecule has 4 nitrogen and oxygen atoms in total. The number of fused-ring (bicyclic) bond motifs is 4. The van der Waals surface area contributed by atoms with Crippen LogP contribution >= 0.6 is 0 Å². The van der Waals surface area contributed by atoms with E-state index in [2.05, 4.69) is 14.7 Å². The van der Waals surface area contributed by atoms with E-state index in [0.29, 0.717) is 5.54 Å². The van der Waals surface area contributed by atoms with Crippen molar-refractivity contribution in [2.75, 3.05) is 52.4 Å². The molecule has 20 heavy (non-hydrogen) atoms. The summed E-state index contributed by atoms with van der Waals surface area (Å²) in [5, 5.41) is 0. The van der Waals surface area contributed by atoms with Crippen molar-refractivity contribution in [1.29, 1.82) is 0 Å². The summed E-state index contributed by atoms with van der Waals surface area (Å²) in [5.41, 5.74) is 6.65. The van der Waals surface area contributed by atoms with Crippen LogP contribution in [0.3, 0.4) is 0 Å². The number of nitrogens with zero attached hydrogens (tertiary/aromatic N) is 3. The van der Waals surface area contributed by atoms with E-state index in [1.807, 2.05) is 0 Å². The van der Waals surface area contributed by atoms with Crippen molar-refractivity contribution in [3.63, 3.8) is 0 Å². The van der Waals surface area contributed by atoms with E-state index in [0.717, 1.165) is 18.5 Å². The van der Waals surface area contributed by atoms with Gasteiger partial charge in [-0.25, -0.2) is 0 Å². The Balaban J connectivity index is 1.53. The molecule has 0 aromatic rings. The number of nitrogens with two attached hydrogens (primary N) is 1. The maximum Gasteiger partial charge on any atom is 0.0488 e. The quantitative estimate of drug-likeness (QED) is 0.801. The van der Waals surface area contributed by atoms with E-state index >= 15 is 0 Å². The van der Waals surface area contributed by atoms with Crippen molar-refractivity contribution in [3.8, 4) is 0 Å². The van der Waals surface area contributed by atoms with Gasteiger partial charge in [0.25, 0.3) is 0 Å². The van der Waals surface area contributed by atoms with Crippen LogP contribution in [0.1, 0.15) is 32.1 Å². The molecule has 0 aliphatic carbocycles. The molecule has 5 rings (SSSR count). The first-order valence-electron chi connectivity index (χ1n) is 8.73. The second-order valence-electron chi connectivity index (χ2n) is 7.49. The molecule has 114 valence electrons. The molecule has 0 aromatic carbocycles. The zero-order valence-corrected chi connectivity index (χ0v) is 12.8. The molecule has 2 N–H and O–H groups in total. The first kappa shape index (κ1) is 13.5. The lowest BCUT2D eigenvalue weighted by Gasteiger charge is -2.60. The Labute approximate surface area is 123 Å². The molecule has 2 atom stereocenters. The fraction of sp³-hybridized carbons (Fsp3) is 1.00. The molecule has 0 saturated carbocycles. The van der Waals surface area contributed by atoms with Gasteiger partial charge in [0.15, 0.2) is 0 Å². The molecular formula is C16H30N4. The molecule has 5 fully saturated rings. The van der Waals surface area contributed by atoms with Gasteiger partial charge in [-0.1, -0.05) is 6.42 Å². The summed E-state index contributed by atoms with van der Waals surface area (Å²) in [6.07, 6.45) is 7.00. The first-order chi connectivity index (χ1) is 9.82. The predicted molar refractivity (Wildman–Crippen MR) is 81.7 cm³/mol. The van der Waals surface area contributed by atoms with Crippen molar-refractivity contribution < 1.29 is 0 Å². The minimum Gasteiger partial charge on any atom is -0.329 e. The Morgan fingerprint density at radius 1 is 0.950 bits per heavy atom. The average molecular weight is 278 g/mol. The Bertz CT molecular complexity index is 352. The maximum atomic E-state index is 6.34. The van der Waals surface area contributed by atoms with Gasteiger partial charge in [-0.3, -0.25) is 9.80 Å². The lowest BCUT2D eigenvalue weighted by Crippen LogP contribution is -2.73. The highest BCUT2D eigenvalue weighted by atomic mass is 15.4. The van der Waals surface area contributed by atoms with Crippen LogP contribution in [0, 0.1) is 5.92 Å². The molecule has 4 heteroatoms. The van der Waals surface area contributed by atoms with E-state index in [4.69, 9.17) is 5.73 Å². The van der Waals surface area contributed by atoms with Gasteiger partial charge in [0.2, 0.25) is 0 Å². The standard InChI is InChI=1S/C16H30N4/c17-12-16(13-18-7-4-14(16)5-8-18)20-10-9-19-6-2-1-3-15(19)11-20/h14-15H,1-13,17H2. The van der Waals surface area contributed by atoms with Crippen molar-refractivity contribution in [2.24, 2.45) is 11.7 Å². The van der Waals surface area contributed by atoms with Gasteiger partial charge in [-0.2, -0.15) is 0 Å². The molecular weight excluding hydrogens is 248 g/mol. The van der Waals surface area contributed by atoms with Crippen molar-refractivity contribution in [2.45, 2.75) is 43.7 Å². The Kier molecular flexibility index (Phi) is 3.53. The third-order valence-electron chi connectivity index (χ3n) is 6.67. The summed E-state index contributed by atoms with van der Waals surface area (Å²) in [7, 11) is 0. The van der Waals surface area contributed by atoms with Crippen molar-refractivity contribution in [1.82, 2.24) is 14.7 Å². The summed E-state index contributed by atoms with van der Waals surface area (Å²) < 4.78 is 0. The SMILES string of the molecule is NCC1(N2CCN3CCCCC3C2)CN2CCC1CC2. The van der Waals surface area contributed by atoms with Gasteiger partial charge in [0.05, 0.1) is 0 Å². The highest BCUT2D eigenvalue weighted by Gasteiger charge is 2.50. The number of hydrogen-bond acceptors (Lipinski definition) is 4. The van der Waals surface area contributed by atoms with Crippen LogP contribution in [0.15, 0.2) is 0 Å². The molecule has 0 radical (unpaired) electrons. The minimum absolute atomic E-state index is 0.306. The lowest BCUT2D eigenvalue weighted by atomic mass is 9.71. The molecule has 2 unspecified atom stereocenters. The van der Waals surface area contributed by atoms with E-state index in [1.165, 1.54) is 77.9 Å². The van der Waals surface area contributed by atoms with Crippen LogP contribution in [0.5, 0.6) is 0 Å². The zero-order valence-electron chi connectivity index (χ0n) is 12.8. The summed E-state index contributed by atoms with van der Waals surface area (Å²) in [6, 6.07) is 0.816. The molecule has 5 aliphatic rings. The fourth-order valence-electron chi connectivity index (χ4n) is 5.42. The van der Waals surface area contributed by atoms with Gasteiger partial charge in [0.1, 0.15) is 0 Å². The molecule has 0 aromatic heterocycles. The second-order valence-corrected chi connectivity index (χ2v) is 7.49. The summed E-state index contributed by atoms with van der Waals surface area (Å²) >= 11 is 0. The largest absolute Gasteiger partial charge is 0.329 e. The molecule has 0 amide bonds. The average Bonchev–Trinajstić information content (AvgIpc) is 2.55. The molecule has 5 aliphatic heterocycles. The number of hydrogen-bond donors (Lipinski definition) is 1. The molecule has 2 bridgehead atoms. The van der Waals surface area contributed by atoms with Gasteiger partial charge < -0.3 is 10.6 Å². The lowest BCUT2D eigenvalue weighted by molar-refractivity contribution is -0.0971. The Morgan fingerprint density at radius 3 is 2.50 bits per heavy atom. The van der Waals surface area contributed by atoms with Gasteiger partial charge in [-0.15, -0.1) is 0 Å². The Morgan fingerprint density at radius 2 is 1.80 bits per heavy atom. The number of piperidine rings is 4. The zero-order chi connectivity index (χ0) is 13.6. The van der Waals surface area contributed by atoms with E-state index in [9.17, 15) is 0 Å². The highest BCUT2D eigenvalue weighted by Crippen LogP contribution is 2.40. The normalized spacial score (nSPS) is 46.4. The van der Waals surface area contributed by atoms with Gasteiger partial charge >= 0.3 is 0 Å². The summed E-state index contributed by atoms with van der Waals surface area (Å²) in [6.45, 7) is 9.87. The molecule has 5 heterocycles. The van der Waals surface area contributed by atoms with Crippen LogP contribution in [-0.4, -0.2) is 78.6 Å². The highest BCUT2D eigenvalue weighted by molar-refractivity contribution is 5.08. The van der Waals surface area contributed by atoms with Crippen LogP contribution in [0.2, 0.25) is 0 Å². The van der Waals surface area contributed by atoms with Crippen molar-refractivity contribution >= 4 is 0 Å². The van der Waals surface area contributed by atoms with Crippen LogP contribution in [-0.2, 0) is 0 Å². The van der Waals surface area contributed by atoms with Crippen LogP contribution in [0.25, 0.3) is 0 Å². The predicted octanol–water partition coefficient (Wildman–Crippen LogP) is 0.580.